The van der Waals surface area contributed by atoms with Gasteiger partial charge in [0.05, 0.1) is 24.5 Å². The van der Waals surface area contributed by atoms with Crippen LogP contribution in [0.1, 0.15) is 36.7 Å². The first-order valence-electron chi connectivity index (χ1n) is 9.10. The topological polar surface area (TPSA) is 98.4 Å². The van der Waals surface area contributed by atoms with Gasteiger partial charge < -0.3 is 14.2 Å². The number of halogens is 3. The van der Waals surface area contributed by atoms with E-state index in [1.165, 1.54) is 6.07 Å². The smallest absolute Gasteiger partial charge is 0.433 e. The number of alkyl halides is 3. The molecule has 0 unspecified atom stereocenters. The molecule has 2 fully saturated rings. The molecule has 1 amide bonds. The first-order chi connectivity index (χ1) is 13.8. The molecule has 1 atom stereocenters. The van der Waals surface area contributed by atoms with Crippen molar-refractivity contribution >= 4 is 11.9 Å². The van der Waals surface area contributed by atoms with Gasteiger partial charge in [-0.2, -0.15) is 18.2 Å². The zero-order chi connectivity index (χ0) is 20.6. The maximum Gasteiger partial charge on any atom is 0.433 e. The van der Waals surface area contributed by atoms with Gasteiger partial charge in [0, 0.05) is 31.6 Å². The zero-order valence-electron chi connectivity index (χ0n) is 15.2. The third-order valence-corrected chi connectivity index (χ3v) is 5.04. The van der Waals surface area contributed by atoms with Crippen molar-refractivity contribution in [2.75, 3.05) is 19.7 Å². The molecule has 0 aromatic carbocycles. The Balaban J connectivity index is 1.29. The Morgan fingerprint density at radius 3 is 2.69 bits per heavy atom. The van der Waals surface area contributed by atoms with E-state index in [0.717, 1.165) is 12.3 Å². The van der Waals surface area contributed by atoms with Crippen molar-refractivity contribution in [1.29, 1.82) is 0 Å². The van der Waals surface area contributed by atoms with E-state index < -0.39 is 11.9 Å². The molecule has 2 aromatic heterocycles. The van der Waals surface area contributed by atoms with Crippen molar-refractivity contribution < 1.29 is 32.0 Å². The lowest BCUT2D eigenvalue weighted by molar-refractivity contribution is -0.141. The number of nitrogens with zero attached hydrogens (tertiary/aromatic N) is 4. The molecule has 0 spiro atoms. The zero-order valence-corrected chi connectivity index (χ0v) is 15.2. The molecular formula is C18H17F3N4O4. The Hall–Kier alpha value is -2.98. The number of ether oxygens (including phenoxy) is 1. The molecule has 154 valence electrons. The van der Waals surface area contributed by atoms with Gasteiger partial charge in [-0.1, -0.05) is 5.16 Å². The van der Waals surface area contributed by atoms with Crippen LogP contribution in [0.5, 0.6) is 0 Å². The van der Waals surface area contributed by atoms with Gasteiger partial charge in [0.2, 0.25) is 5.91 Å². The summed E-state index contributed by atoms with van der Waals surface area (Å²) in [6.07, 6.45) is -2.16. The number of aromatic nitrogens is 3. The molecule has 2 aromatic rings. The Morgan fingerprint density at radius 2 is 2.07 bits per heavy atom. The first-order valence-corrected chi connectivity index (χ1v) is 9.10. The Bertz CT molecular complexity index is 907. The second kappa shape index (κ2) is 7.45. The third kappa shape index (κ3) is 4.22. The van der Waals surface area contributed by atoms with Crippen LogP contribution in [0.2, 0.25) is 0 Å². The van der Waals surface area contributed by atoms with E-state index in [1.54, 1.807) is 4.90 Å². The fraction of sp³-hybridized carbons (Fsp3) is 0.500. The molecule has 4 rings (SSSR count). The minimum Gasteiger partial charge on any atom is -0.465 e. The molecule has 2 saturated heterocycles. The summed E-state index contributed by atoms with van der Waals surface area (Å²) in [6, 6.07) is 2.08. The van der Waals surface area contributed by atoms with E-state index in [4.69, 9.17) is 9.26 Å². The van der Waals surface area contributed by atoms with Crippen LogP contribution in [-0.2, 0) is 20.5 Å². The van der Waals surface area contributed by atoms with Gasteiger partial charge in [-0.15, -0.1) is 0 Å². The van der Waals surface area contributed by atoms with Gasteiger partial charge >= 0.3 is 12.1 Å². The van der Waals surface area contributed by atoms with E-state index in [9.17, 15) is 22.8 Å². The lowest BCUT2D eigenvalue weighted by atomic mass is 9.97. The molecule has 0 N–H and O–H groups in total. The summed E-state index contributed by atoms with van der Waals surface area (Å²) >= 11 is 0. The summed E-state index contributed by atoms with van der Waals surface area (Å²) in [7, 11) is 0. The highest BCUT2D eigenvalue weighted by Crippen LogP contribution is 2.30. The molecule has 0 saturated carbocycles. The highest BCUT2D eigenvalue weighted by Gasteiger charge is 2.36. The van der Waals surface area contributed by atoms with Crippen molar-refractivity contribution in [1.82, 2.24) is 20.0 Å². The number of carbonyl (C=O) groups excluding carboxylic acids is 2. The number of hydrogen-bond acceptors (Lipinski definition) is 7. The quantitative estimate of drug-likeness (QED) is 0.698. The van der Waals surface area contributed by atoms with Crippen LogP contribution >= 0.6 is 0 Å². The number of rotatable bonds is 5. The molecule has 0 bridgehead atoms. The average molecular weight is 410 g/mol. The Morgan fingerprint density at radius 1 is 1.28 bits per heavy atom. The van der Waals surface area contributed by atoms with E-state index >= 15 is 0 Å². The number of likely N-dealkylation sites (tertiary alicyclic amines) is 1. The molecular weight excluding hydrogens is 393 g/mol. The summed E-state index contributed by atoms with van der Waals surface area (Å²) in [4.78, 5) is 32.6. The summed E-state index contributed by atoms with van der Waals surface area (Å²) < 4.78 is 47.7. The van der Waals surface area contributed by atoms with Crippen LogP contribution < -0.4 is 0 Å². The summed E-state index contributed by atoms with van der Waals surface area (Å²) in [5.74, 6) is 0.269. The predicted molar refractivity (Wildman–Crippen MR) is 90.2 cm³/mol. The molecule has 8 nitrogen and oxygen atoms in total. The van der Waals surface area contributed by atoms with Gasteiger partial charge in [-0.05, 0) is 18.6 Å². The molecule has 0 aliphatic carbocycles. The van der Waals surface area contributed by atoms with E-state index in [2.05, 4.69) is 15.1 Å². The third-order valence-electron chi connectivity index (χ3n) is 5.04. The number of esters is 1. The van der Waals surface area contributed by atoms with Crippen LogP contribution in [-0.4, -0.2) is 51.6 Å². The second-order valence-electron chi connectivity index (χ2n) is 7.18. The monoisotopic (exact) mass is 410 g/mol. The standard InChI is InChI=1S/C18H17F3N4O4/c19-18(20,21)13-3-2-11(6-22-13)17-23-16(24-29-17)12-7-25(8-12)14(26)4-1-10-5-15(27)28-9-10/h2-3,6,10,12H,1,4-5,7-9H2/t10-/m0/s1. The average Bonchev–Trinajstić information content (AvgIpc) is 3.27. The number of hydrogen-bond donors (Lipinski definition) is 0. The van der Waals surface area contributed by atoms with Crippen molar-refractivity contribution in [2.45, 2.75) is 31.4 Å². The minimum atomic E-state index is -4.51. The van der Waals surface area contributed by atoms with E-state index in [0.29, 0.717) is 44.8 Å². The molecule has 0 radical (unpaired) electrons. The molecule has 4 heterocycles. The lowest BCUT2D eigenvalue weighted by Gasteiger charge is -2.37. The summed E-state index contributed by atoms with van der Waals surface area (Å²) in [5, 5.41) is 3.87. The molecule has 29 heavy (non-hydrogen) atoms. The van der Waals surface area contributed by atoms with Crippen LogP contribution in [0.15, 0.2) is 22.9 Å². The largest absolute Gasteiger partial charge is 0.465 e. The number of pyridine rings is 1. The normalized spacial score (nSPS) is 19.9. The minimum absolute atomic E-state index is 0.00347. The fourth-order valence-electron chi connectivity index (χ4n) is 3.29. The number of carbonyl (C=O) groups is 2. The van der Waals surface area contributed by atoms with Gasteiger partial charge in [0.25, 0.3) is 5.89 Å². The SMILES string of the molecule is O=C1C[C@H](CCC(=O)N2CC(c3noc(-c4ccc(C(F)(F)F)nc4)n3)C2)CO1. The van der Waals surface area contributed by atoms with Crippen LogP contribution in [0.25, 0.3) is 11.5 Å². The highest BCUT2D eigenvalue weighted by molar-refractivity contribution is 5.77. The predicted octanol–water partition coefficient (Wildman–Crippen LogP) is 2.42. The summed E-state index contributed by atoms with van der Waals surface area (Å²) in [5.41, 5.74) is -0.708. The fourth-order valence-corrected chi connectivity index (χ4v) is 3.29. The van der Waals surface area contributed by atoms with Crippen LogP contribution in [0.4, 0.5) is 13.2 Å². The number of cyclic esters (lactones) is 1. The van der Waals surface area contributed by atoms with E-state index in [1.807, 2.05) is 0 Å². The maximum absolute atomic E-state index is 12.6. The van der Waals surface area contributed by atoms with Gasteiger partial charge in [0.1, 0.15) is 5.69 Å². The molecule has 11 heteroatoms. The summed E-state index contributed by atoms with van der Waals surface area (Å²) in [6.45, 7) is 1.27. The van der Waals surface area contributed by atoms with Crippen LogP contribution in [0, 0.1) is 5.92 Å². The first kappa shape index (κ1) is 19.3. The Labute approximate surface area is 163 Å². The van der Waals surface area contributed by atoms with Crippen molar-refractivity contribution in [3.8, 4) is 11.5 Å². The number of amides is 1. The molecule has 2 aliphatic rings. The lowest BCUT2D eigenvalue weighted by Crippen LogP contribution is -2.48. The second-order valence-corrected chi connectivity index (χ2v) is 7.18. The highest BCUT2D eigenvalue weighted by atomic mass is 19.4. The van der Waals surface area contributed by atoms with Gasteiger partial charge in [-0.3, -0.25) is 14.6 Å². The van der Waals surface area contributed by atoms with Crippen LogP contribution in [0.3, 0.4) is 0 Å². The Kier molecular flexibility index (Phi) is 4.97. The van der Waals surface area contributed by atoms with Crippen molar-refractivity contribution in [3.63, 3.8) is 0 Å². The van der Waals surface area contributed by atoms with Gasteiger partial charge in [-0.25, -0.2) is 0 Å². The maximum atomic E-state index is 12.6. The van der Waals surface area contributed by atoms with E-state index in [-0.39, 0.29) is 35.2 Å². The van der Waals surface area contributed by atoms with Crippen molar-refractivity contribution in [3.05, 3.63) is 29.8 Å². The van der Waals surface area contributed by atoms with Crippen molar-refractivity contribution in [2.24, 2.45) is 5.92 Å². The van der Waals surface area contributed by atoms with Gasteiger partial charge in [0.15, 0.2) is 5.82 Å². The molecule has 2 aliphatic heterocycles.